The van der Waals surface area contributed by atoms with Crippen molar-refractivity contribution >= 4 is 52.4 Å². The van der Waals surface area contributed by atoms with E-state index in [0.717, 1.165) is 4.90 Å². The Labute approximate surface area is 141 Å². The number of hydrogen-bond acceptors (Lipinski definition) is 6. The van der Waals surface area contributed by atoms with Gasteiger partial charge >= 0.3 is 5.97 Å². The lowest BCUT2D eigenvalue weighted by molar-refractivity contribution is -0.132. The molecule has 120 valence electrons. The first-order valence-electron chi connectivity index (χ1n) is 6.62. The zero-order chi connectivity index (χ0) is 16.8. The Hall–Kier alpha value is -2.12. The predicted molar refractivity (Wildman–Crippen MR) is 83.5 cm³/mol. The summed E-state index contributed by atoms with van der Waals surface area (Å²) in [4.78, 5) is 37.6. The summed E-state index contributed by atoms with van der Waals surface area (Å²) < 4.78 is 4.59. The minimum absolute atomic E-state index is 0.0118. The van der Waals surface area contributed by atoms with Crippen molar-refractivity contribution < 1.29 is 19.1 Å². The van der Waals surface area contributed by atoms with Crippen LogP contribution in [0.3, 0.4) is 0 Å². The topological polar surface area (TPSA) is 88.1 Å². The minimum Gasteiger partial charge on any atom is -0.464 e. The number of esters is 1. The van der Waals surface area contributed by atoms with Crippen LogP contribution >= 0.6 is 23.2 Å². The molecule has 0 radical (unpaired) electrons. The molecular weight excluding hydrogens is 345 g/mol. The van der Waals surface area contributed by atoms with Crippen LogP contribution in [0.25, 0.3) is 0 Å². The number of anilines is 1. The molecule has 7 nitrogen and oxygen atoms in total. The van der Waals surface area contributed by atoms with E-state index in [4.69, 9.17) is 23.2 Å². The standard InChI is InChI=1S/C14H11Cl2N3O4/c1-23-12(21)10-5-14(18-17-10)6-11(20)19(13(14)22)7-2-3-8(15)9(16)4-7/h2-4,18H,5-6H2,1H3/t14-/m1/s1. The molecule has 2 aliphatic rings. The molecule has 1 aromatic rings. The van der Waals surface area contributed by atoms with Gasteiger partial charge < -0.3 is 4.74 Å². The number of imide groups is 1. The molecule has 9 heteroatoms. The van der Waals surface area contributed by atoms with Crippen LogP contribution in [0.4, 0.5) is 5.69 Å². The zero-order valence-corrected chi connectivity index (χ0v) is 13.4. The molecule has 0 saturated carbocycles. The molecule has 3 rings (SSSR count). The van der Waals surface area contributed by atoms with E-state index in [9.17, 15) is 14.4 Å². The maximum atomic E-state index is 12.7. The lowest BCUT2D eigenvalue weighted by Crippen LogP contribution is -2.47. The Kier molecular flexibility index (Phi) is 3.77. The third-order valence-corrected chi connectivity index (χ3v) is 4.51. The molecule has 1 fully saturated rings. The van der Waals surface area contributed by atoms with Gasteiger partial charge in [0.1, 0.15) is 11.3 Å². The molecule has 23 heavy (non-hydrogen) atoms. The fourth-order valence-corrected chi connectivity index (χ4v) is 2.92. The predicted octanol–water partition coefficient (Wildman–Crippen LogP) is 1.52. The normalized spacial score (nSPS) is 23.3. The fraction of sp³-hybridized carbons (Fsp3) is 0.286. The summed E-state index contributed by atoms with van der Waals surface area (Å²) in [6, 6.07) is 4.47. The molecular formula is C14H11Cl2N3O4. The lowest BCUT2D eigenvalue weighted by Gasteiger charge is -2.21. The van der Waals surface area contributed by atoms with Crippen molar-refractivity contribution in [2.45, 2.75) is 18.4 Å². The highest BCUT2D eigenvalue weighted by molar-refractivity contribution is 6.42. The van der Waals surface area contributed by atoms with Gasteiger partial charge in [-0.05, 0) is 18.2 Å². The molecule has 1 spiro atoms. The molecule has 1 N–H and O–H groups in total. The van der Waals surface area contributed by atoms with Crippen molar-refractivity contribution in [1.82, 2.24) is 5.43 Å². The number of ether oxygens (including phenoxy) is 1. The first kappa shape index (κ1) is 15.8. The highest BCUT2D eigenvalue weighted by Gasteiger charge is 2.56. The highest BCUT2D eigenvalue weighted by Crippen LogP contribution is 2.36. The average molecular weight is 356 g/mol. The van der Waals surface area contributed by atoms with E-state index in [1.54, 1.807) is 0 Å². The lowest BCUT2D eigenvalue weighted by atomic mass is 9.93. The van der Waals surface area contributed by atoms with Crippen LogP contribution in [0.2, 0.25) is 10.0 Å². The Morgan fingerprint density at radius 2 is 2.04 bits per heavy atom. The number of methoxy groups -OCH3 is 1. The largest absolute Gasteiger partial charge is 0.464 e. The Morgan fingerprint density at radius 3 is 2.70 bits per heavy atom. The maximum absolute atomic E-state index is 12.7. The van der Waals surface area contributed by atoms with Crippen molar-refractivity contribution in [3.63, 3.8) is 0 Å². The van der Waals surface area contributed by atoms with Crippen LogP contribution in [0.1, 0.15) is 12.8 Å². The van der Waals surface area contributed by atoms with E-state index in [1.807, 2.05) is 0 Å². The molecule has 0 aromatic heterocycles. The molecule has 2 amide bonds. The van der Waals surface area contributed by atoms with Crippen LogP contribution in [0, 0.1) is 0 Å². The summed E-state index contributed by atoms with van der Waals surface area (Å²) in [6.45, 7) is 0. The average Bonchev–Trinajstić information content (AvgIpc) is 3.04. The third-order valence-electron chi connectivity index (χ3n) is 3.77. The third kappa shape index (κ3) is 2.46. The number of hydrogen-bond donors (Lipinski definition) is 1. The van der Waals surface area contributed by atoms with Crippen LogP contribution < -0.4 is 10.3 Å². The Bertz CT molecular complexity index is 764. The fourth-order valence-electron chi connectivity index (χ4n) is 2.63. The van der Waals surface area contributed by atoms with Gasteiger partial charge in [-0.3, -0.25) is 15.0 Å². The van der Waals surface area contributed by atoms with Gasteiger partial charge in [0.25, 0.3) is 5.91 Å². The molecule has 1 saturated heterocycles. The van der Waals surface area contributed by atoms with Crippen molar-refractivity contribution in [1.29, 1.82) is 0 Å². The van der Waals surface area contributed by atoms with E-state index < -0.39 is 23.3 Å². The van der Waals surface area contributed by atoms with Crippen LogP contribution in [0.15, 0.2) is 23.3 Å². The minimum atomic E-state index is -1.26. The second kappa shape index (κ2) is 5.50. The number of carbonyl (C=O) groups is 3. The number of carbonyl (C=O) groups excluding carboxylic acids is 3. The second-order valence-electron chi connectivity index (χ2n) is 5.23. The van der Waals surface area contributed by atoms with E-state index in [1.165, 1.54) is 25.3 Å². The van der Waals surface area contributed by atoms with Gasteiger partial charge in [0, 0.05) is 6.42 Å². The van der Waals surface area contributed by atoms with Crippen LogP contribution in [-0.2, 0) is 19.1 Å². The first-order valence-corrected chi connectivity index (χ1v) is 7.38. The van der Waals surface area contributed by atoms with Gasteiger partial charge in [0.2, 0.25) is 5.91 Å². The van der Waals surface area contributed by atoms with Crippen LogP contribution in [-0.4, -0.2) is 36.1 Å². The summed E-state index contributed by atoms with van der Waals surface area (Å²) >= 11 is 11.8. The number of rotatable bonds is 2. The van der Waals surface area contributed by atoms with Crippen LogP contribution in [0.5, 0.6) is 0 Å². The van der Waals surface area contributed by atoms with Crippen molar-refractivity contribution in [2.24, 2.45) is 5.10 Å². The summed E-state index contributed by atoms with van der Waals surface area (Å²) in [6.07, 6.45) is -0.127. The monoisotopic (exact) mass is 355 g/mol. The smallest absolute Gasteiger partial charge is 0.354 e. The van der Waals surface area contributed by atoms with Gasteiger partial charge in [-0.25, -0.2) is 9.69 Å². The van der Waals surface area contributed by atoms with Gasteiger partial charge in [-0.1, -0.05) is 23.2 Å². The Morgan fingerprint density at radius 1 is 1.30 bits per heavy atom. The molecule has 0 bridgehead atoms. The summed E-state index contributed by atoms with van der Waals surface area (Å²) in [7, 11) is 1.22. The number of nitrogens with one attached hydrogen (secondary N) is 1. The summed E-state index contributed by atoms with van der Waals surface area (Å²) in [5.41, 5.74) is 1.75. The van der Waals surface area contributed by atoms with E-state index in [-0.39, 0.29) is 23.6 Å². The Balaban J connectivity index is 1.89. The summed E-state index contributed by atoms with van der Waals surface area (Å²) in [5, 5.41) is 4.38. The highest BCUT2D eigenvalue weighted by atomic mass is 35.5. The molecule has 1 aromatic carbocycles. The molecule has 2 aliphatic heterocycles. The number of benzene rings is 1. The van der Waals surface area contributed by atoms with E-state index >= 15 is 0 Å². The molecule has 0 aliphatic carbocycles. The first-order chi connectivity index (χ1) is 10.9. The molecule has 0 unspecified atom stereocenters. The number of hydrazone groups is 1. The van der Waals surface area contributed by atoms with Crippen molar-refractivity contribution in [3.8, 4) is 0 Å². The van der Waals surface area contributed by atoms with Gasteiger partial charge in [-0.2, -0.15) is 5.10 Å². The van der Waals surface area contributed by atoms with Crippen molar-refractivity contribution in [2.75, 3.05) is 12.0 Å². The van der Waals surface area contributed by atoms with Gasteiger partial charge in [0.15, 0.2) is 0 Å². The number of amides is 2. The summed E-state index contributed by atoms with van der Waals surface area (Å²) in [5.74, 6) is -1.55. The quantitative estimate of drug-likeness (QED) is 0.641. The number of nitrogens with zero attached hydrogens (tertiary/aromatic N) is 2. The van der Waals surface area contributed by atoms with Gasteiger partial charge in [-0.15, -0.1) is 0 Å². The van der Waals surface area contributed by atoms with Gasteiger partial charge in [0.05, 0.1) is 29.3 Å². The molecule has 2 heterocycles. The second-order valence-corrected chi connectivity index (χ2v) is 6.04. The van der Waals surface area contributed by atoms with E-state index in [2.05, 4.69) is 15.3 Å². The maximum Gasteiger partial charge on any atom is 0.354 e. The molecule has 1 atom stereocenters. The zero-order valence-electron chi connectivity index (χ0n) is 11.9. The number of halogens is 2. The van der Waals surface area contributed by atoms with Crippen molar-refractivity contribution in [3.05, 3.63) is 28.2 Å². The SMILES string of the molecule is COC(=O)C1=NN[C@@]2(CC(=O)N(c3ccc(Cl)c(Cl)c3)C2=O)C1. The van der Waals surface area contributed by atoms with E-state index in [0.29, 0.717) is 10.7 Å².